The molecule has 1 amide bonds. The monoisotopic (exact) mass is 338 g/mol. The van der Waals surface area contributed by atoms with Crippen LogP contribution < -0.4 is 10.6 Å². The molecule has 4 heteroatoms. The number of carbonyl (C=O) groups is 1. The SMILES string of the molecule is CNC(=O)c1ccc2c(c1)[C@@H]1C=CC[C@@H]1[C@H](c1ccc(Cl)cc1)N2. The lowest BCUT2D eigenvalue weighted by molar-refractivity contribution is 0.0963. The predicted octanol–water partition coefficient (Wildman–Crippen LogP) is 4.53. The standard InChI is InChI=1S/C20H19ClN2O/c1-22-20(24)13-7-10-18-17(11-13)15-3-2-4-16(15)19(23-18)12-5-8-14(21)9-6-12/h2-3,5-11,15-16,19,23H,4H2,1H3,(H,22,24)/t15-,16+,19+/m1/s1. The quantitative estimate of drug-likeness (QED) is 0.790. The predicted molar refractivity (Wildman–Crippen MR) is 97.6 cm³/mol. The van der Waals surface area contributed by atoms with E-state index in [1.807, 2.05) is 30.3 Å². The average molecular weight is 339 g/mol. The van der Waals surface area contributed by atoms with Gasteiger partial charge in [0.05, 0.1) is 6.04 Å². The zero-order valence-electron chi connectivity index (χ0n) is 13.4. The molecule has 4 rings (SSSR count). The van der Waals surface area contributed by atoms with E-state index in [0.717, 1.165) is 17.1 Å². The molecule has 3 atom stereocenters. The number of amides is 1. The van der Waals surface area contributed by atoms with Crippen LogP contribution in [-0.2, 0) is 0 Å². The van der Waals surface area contributed by atoms with Crippen LogP contribution in [0.15, 0.2) is 54.6 Å². The Kier molecular flexibility index (Phi) is 3.81. The molecule has 0 aromatic heterocycles. The molecule has 0 unspecified atom stereocenters. The van der Waals surface area contributed by atoms with Gasteiger partial charge in [-0.15, -0.1) is 0 Å². The normalized spacial score (nSPS) is 24.0. The first-order valence-corrected chi connectivity index (χ1v) is 8.60. The van der Waals surface area contributed by atoms with Gasteiger partial charge in [0, 0.05) is 29.2 Å². The molecule has 1 aliphatic heterocycles. The van der Waals surface area contributed by atoms with Crippen LogP contribution in [0, 0.1) is 5.92 Å². The summed E-state index contributed by atoms with van der Waals surface area (Å²) in [5.74, 6) is 0.751. The third-order valence-electron chi connectivity index (χ3n) is 5.08. The van der Waals surface area contributed by atoms with Crippen molar-refractivity contribution in [3.8, 4) is 0 Å². The van der Waals surface area contributed by atoms with Gasteiger partial charge in [0.1, 0.15) is 0 Å². The first-order chi connectivity index (χ1) is 11.7. The van der Waals surface area contributed by atoms with Gasteiger partial charge >= 0.3 is 0 Å². The van der Waals surface area contributed by atoms with Gasteiger partial charge < -0.3 is 10.6 Å². The van der Waals surface area contributed by atoms with Crippen molar-refractivity contribution >= 4 is 23.2 Å². The third kappa shape index (κ3) is 2.49. The summed E-state index contributed by atoms with van der Waals surface area (Å²) in [6, 6.07) is 14.2. The lowest BCUT2D eigenvalue weighted by Gasteiger charge is -2.37. The molecule has 122 valence electrons. The van der Waals surface area contributed by atoms with Crippen molar-refractivity contribution in [2.75, 3.05) is 12.4 Å². The number of allylic oxidation sites excluding steroid dienone is 2. The van der Waals surface area contributed by atoms with E-state index in [1.165, 1.54) is 11.1 Å². The van der Waals surface area contributed by atoms with Crippen molar-refractivity contribution in [2.45, 2.75) is 18.4 Å². The summed E-state index contributed by atoms with van der Waals surface area (Å²) < 4.78 is 0. The molecular weight excluding hydrogens is 320 g/mol. The maximum atomic E-state index is 11.9. The number of hydrogen-bond acceptors (Lipinski definition) is 2. The highest BCUT2D eigenvalue weighted by molar-refractivity contribution is 6.30. The van der Waals surface area contributed by atoms with E-state index < -0.39 is 0 Å². The number of anilines is 1. The van der Waals surface area contributed by atoms with Crippen LogP contribution in [0.4, 0.5) is 5.69 Å². The van der Waals surface area contributed by atoms with Gasteiger partial charge in [0.15, 0.2) is 0 Å². The molecule has 0 bridgehead atoms. The molecule has 2 aromatic rings. The topological polar surface area (TPSA) is 41.1 Å². The Balaban J connectivity index is 1.74. The molecule has 2 aliphatic rings. The Morgan fingerprint density at radius 1 is 1.21 bits per heavy atom. The van der Waals surface area contributed by atoms with Gasteiger partial charge in [0.25, 0.3) is 5.91 Å². The minimum absolute atomic E-state index is 0.0452. The van der Waals surface area contributed by atoms with Crippen LogP contribution in [-0.4, -0.2) is 13.0 Å². The summed E-state index contributed by atoms with van der Waals surface area (Å²) >= 11 is 6.03. The summed E-state index contributed by atoms with van der Waals surface area (Å²) in [5.41, 5.74) is 4.27. The number of fused-ring (bicyclic) bond motifs is 3. The van der Waals surface area contributed by atoms with E-state index in [0.29, 0.717) is 17.4 Å². The summed E-state index contributed by atoms with van der Waals surface area (Å²) in [5, 5.41) is 7.13. The zero-order chi connectivity index (χ0) is 16.7. The van der Waals surface area contributed by atoms with Crippen molar-refractivity contribution in [3.63, 3.8) is 0 Å². The second-order valence-corrected chi connectivity index (χ2v) is 6.84. The molecule has 0 radical (unpaired) electrons. The molecule has 0 saturated carbocycles. The molecule has 0 saturated heterocycles. The van der Waals surface area contributed by atoms with E-state index in [4.69, 9.17) is 11.6 Å². The molecule has 24 heavy (non-hydrogen) atoms. The Bertz CT molecular complexity index is 813. The summed E-state index contributed by atoms with van der Waals surface area (Å²) in [4.78, 5) is 11.9. The van der Waals surface area contributed by atoms with Gasteiger partial charge in [-0.1, -0.05) is 35.9 Å². The van der Waals surface area contributed by atoms with E-state index >= 15 is 0 Å². The van der Waals surface area contributed by atoms with Gasteiger partial charge in [-0.05, 0) is 53.8 Å². The molecule has 0 fully saturated rings. The second-order valence-electron chi connectivity index (χ2n) is 6.41. The maximum Gasteiger partial charge on any atom is 0.251 e. The van der Waals surface area contributed by atoms with Crippen molar-refractivity contribution in [1.82, 2.24) is 5.32 Å². The first kappa shape index (κ1) is 15.3. The number of halogens is 1. The average Bonchev–Trinajstić information content (AvgIpc) is 3.11. The van der Waals surface area contributed by atoms with Gasteiger partial charge in [-0.25, -0.2) is 0 Å². The van der Waals surface area contributed by atoms with Crippen molar-refractivity contribution < 1.29 is 4.79 Å². The zero-order valence-corrected chi connectivity index (χ0v) is 14.2. The fourth-order valence-electron chi connectivity index (χ4n) is 3.88. The highest BCUT2D eigenvalue weighted by atomic mass is 35.5. The van der Waals surface area contributed by atoms with Crippen LogP contribution >= 0.6 is 11.6 Å². The van der Waals surface area contributed by atoms with E-state index in [-0.39, 0.29) is 11.9 Å². The van der Waals surface area contributed by atoms with Gasteiger partial charge in [0.2, 0.25) is 0 Å². The summed E-state index contributed by atoms with van der Waals surface area (Å²) in [6.07, 6.45) is 5.57. The molecule has 0 spiro atoms. The van der Waals surface area contributed by atoms with Gasteiger partial charge in [-0.2, -0.15) is 0 Å². The van der Waals surface area contributed by atoms with E-state index in [9.17, 15) is 4.79 Å². The fourth-order valence-corrected chi connectivity index (χ4v) is 4.01. The maximum absolute atomic E-state index is 11.9. The van der Waals surface area contributed by atoms with Gasteiger partial charge in [-0.3, -0.25) is 4.79 Å². The first-order valence-electron chi connectivity index (χ1n) is 8.22. The van der Waals surface area contributed by atoms with Crippen LogP contribution in [0.1, 0.15) is 39.9 Å². The molecule has 3 nitrogen and oxygen atoms in total. The van der Waals surface area contributed by atoms with Crippen LogP contribution in [0.3, 0.4) is 0 Å². The fraction of sp³-hybridized carbons (Fsp3) is 0.250. The third-order valence-corrected chi connectivity index (χ3v) is 5.33. The highest BCUT2D eigenvalue weighted by Crippen LogP contribution is 2.49. The number of carbonyl (C=O) groups excluding carboxylic acids is 1. The molecular formula is C20H19ClN2O. The molecule has 2 aromatic carbocycles. The smallest absolute Gasteiger partial charge is 0.251 e. The second kappa shape index (κ2) is 5.99. The Morgan fingerprint density at radius 3 is 2.75 bits per heavy atom. The number of rotatable bonds is 2. The van der Waals surface area contributed by atoms with Crippen LogP contribution in [0.5, 0.6) is 0 Å². The van der Waals surface area contributed by atoms with Crippen molar-refractivity contribution in [3.05, 3.63) is 76.3 Å². The molecule has 1 heterocycles. The van der Waals surface area contributed by atoms with Crippen LogP contribution in [0.25, 0.3) is 0 Å². The van der Waals surface area contributed by atoms with E-state index in [2.05, 4.69) is 34.9 Å². The van der Waals surface area contributed by atoms with E-state index in [1.54, 1.807) is 7.05 Å². The Labute approximate surface area is 146 Å². The lowest BCUT2D eigenvalue weighted by Crippen LogP contribution is -2.29. The molecule has 2 N–H and O–H groups in total. The minimum Gasteiger partial charge on any atom is -0.378 e. The largest absolute Gasteiger partial charge is 0.378 e. The molecule has 1 aliphatic carbocycles. The Hall–Kier alpha value is -2.26. The van der Waals surface area contributed by atoms with Crippen molar-refractivity contribution in [2.24, 2.45) is 5.92 Å². The number of hydrogen-bond donors (Lipinski definition) is 2. The Morgan fingerprint density at radius 2 is 2.00 bits per heavy atom. The minimum atomic E-state index is -0.0452. The number of benzene rings is 2. The highest BCUT2D eigenvalue weighted by Gasteiger charge is 2.38. The number of nitrogens with one attached hydrogen (secondary N) is 2. The summed E-state index contributed by atoms with van der Waals surface area (Å²) in [6.45, 7) is 0. The van der Waals surface area contributed by atoms with Crippen molar-refractivity contribution in [1.29, 1.82) is 0 Å². The van der Waals surface area contributed by atoms with Crippen LogP contribution in [0.2, 0.25) is 5.02 Å². The lowest BCUT2D eigenvalue weighted by atomic mass is 9.76. The summed E-state index contributed by atoms with van der Waals surface area (Å²) in [7, 11) is 1.66.